The number of hydrogen-bond donors (Lipinski definition) is 0. The Balaban J connectivity index is 2.20. The molecule has 0 fully saturated rings. The summed E-state index contributed by atoms with van der Waals surface area (Å²) in [6.07, 6.45) is 8.00. The highest BCUT2D eigenvalue weighted by Gasteiger charge is 2.29. The number of benzene rings is 2. The summed E-state index contributed by atoms with van der Waals surface area (Å²) < 4.78 is 19.3. The Morgan fingerprint density at radius 3 is 2.37 bits per heavy atom. The van der Waals surface area contributed by atoms with E-state index in [1.165, 1.54) is 12.4 Å². The topological polar surface area (TPSA) is 26.3 Å². The van der Waals surface area contributed by atoms with Gasteiger partial charge in [-0.3, -0.25) is 0 Å². The molecule has 0 unspecified atom stereocenters. The summed E-state index contributed by atoms with van der Waals surface area (Å²) in [5.41, 5.74) is 2.93. The summed E-state index contributed by atoms with van der Waals surface area (Å²) in [7, 11) is 1.68. The van der Waals surface area contributed by atoms with Crippen LogP contribution in [0.2, 0.25) is 0 Å². The van der Waals surface area contributed by atoms with Gasteiger partial charge in [-0.05, 0) is 54.2 Å². The van der Waals surface area contributed by atoms with Crippen LogP contribution >= 0.6 is 11.8 Å². The Bertz CT molecular complexity index is 782. The molecule has 0 aliphatic rings. The van der Waals surface area contributed by atoms with Crippen molar-refractivity contribution < 1.29 is 13.9 Å². The summed E-state index contributed by atoms with van der Waals surface area (Å²) >= 11 is 1.70. The Morgan fingerprint density at radius 2 is 1.73 bits per heavy atom. The second kappa shape index (κ2) is 12.9. The van der Waals surface area contributed by atoms with E-state index in [1.807, 2.05) is 18.2 Å². The van der Waals surface area contributed by atoms with Gasteiger partial charge in [0, 0.05) is 23.2 Å². The number of unbranched alkanes of at least 4 members (excludes halogenated alkanes) is 2. The van der Waals surface area contributed by atoms with Crippen LogP contribution in [0.5, 0.6) is 0 Å². The van der Waals surface area contributed by atoms with Crippen LogP contribution in [0.25, 0.3) is 0 Å². The maximum absolute atomic E-state index is 14.0. The van der Waals surface area contributed by atoms with Crippen molar-refractivity contribution in [1.29, 1.82) is 0 Å². The van der Waals surface area contributed by atoms with Crippen molar-refractivity contribution in [2.75, 3.05) is 12.9 Å². The van der Waals surface area contributed by atoms with Crippen molar-refractivity contribution in [3.63, 3.8) is 0 Å². The highest BCUT2D eigenvalue weighted by Crippen LogP contribution is 2.37. The quantitative estimate of drug-likeness (QED) is 0.234. The van der Waals surface area contributed by atoms with Crippen LogP contribution in [0, 0.1) is 11.2 Å². The SMILES string of the molecule is CCCCC(C=O)(CCCC)CSc1ccc(F)cc1Cc1cccc(COC)c1. The van der Waals surface area contributed by atoms with Crippen molar-refractivity contribution in [1.82, 2.24) is 0 Å². The molecule has 0 spiro atoms. The Kier molecular flexibility index (Phi) is 10.6. The molecule has 2 nitrogen and oxygen atoms in total. The standard InChI is InChI=1S/C26H35FO2S/c1-4-6-13-26(19-28,14-7-5-2)20-30-25-12-11-24(27)17-23(25)16-21-9-8-10-22(15-21)18-29-3/h8-12,15,17,19H,4-7,13-14,16,18,20H2,1-3H3. The van der Waals surface area contributed by atoms with E-state index in [2.05, 4.69) is 26.0 Å². The van der Waals surface area contributed by atoms with Gasteiger partial charge < -0.3 is 9.53 Å². The lowest BCUT2D eigenvalue weighted by molar-refractivity contribution is -0.116. The molecule has 0 radical (unpaired) electrons. The molecule has 0 aliphatic heterocycles. The summed E-state index contributed by atoms with van der Waals surface area (Å²) in [4.78, 5) is 13.2. The summed E-state index contributed by atoms with van der Waals surface area (Å²) in [5.74, 6) is 0.528. The average Bonchev–Trinajstić information content (AvgIpc) is 2.75. The third-order valence-corrected chi connectivity index (χ3v) is 6.97. The molecule has 2 rings (SSSR count). The first-order chi connectivity index (χ1) is 14.6. The van der Waals surface area contributed by atoms with Crippen molar-refractivity contribution in [2.45, 2.75) is 70.3 Å². The predicted molar refractivity (Wildman–Crippen MR) is 125 cm³/mol. The first-order valence-corrected chi connectivity index (χ1v) is 12.0. The van der Waals surface area contributed by atoms with Gasteiger partial charge in [-0.1, -0.05) is 63.8 Å². The van der Waals surface area contributed by atoms with E-state index in [-0.39, 0.29) is 11.2 Å². The van der Waals surface area contributed by atoms with Crippen LogP contribution in [-0.4, -0.2) is 19.1 Å². The lowest BCUT2D eigenvalue weighted by Gasteiger charge is -2.28. The Hall–Kier alpha value is -1.65. The smallest absolute Gasteiger partial charge is 0.126 e. The van der Waals surface area contributed by atoms with Crippen molar-refractivity contribution >= 4 is 18.0 Å². The Labute approximate surface area is 185 Å². The van der Waals surface area contributed by atoms with Crippen LogP contribution in [0.15, 0.2) is 47.4 Å². The average molecular weight is 431 g/mol. The Morgan fingerprint density at radius 1 is 1.03 bits per heavy atom. The van der Waals surface area contributed by atoms with E-state index in [9.17, 15) is 9.18 Å². The number of ether oxygens (including phenoxy) is 1. The molecule has 30 heavy (non-hydrogen) atoms. The van der Waals surface area contributed by atoms with E-state index in [0.29, 0.717) is 13.0 Å². The number of aldehydes is 1. The number of carbonyl (C=O) groups excluding carboxylic acids is 1. The van der Waals surface area contributed by atoms with Gasteiger partial charge >= 0.3 is 0 Å². The number of thioether (sulfide) groups is 1. The zero-order valence-corrected chi connectivity index (χ0v) is 19.4. The van der Waals surface area contributed by atoms with Crippen LogP contribution < -0.4 is 0 Å². The second-order valence-electron chi connectivity index (χ2n) is 8.16. The molecule has 0 bridgehead atoms. The molecule has 0 atom stereocenters. The van der Waals surface area contributed by atoms with Crippen molar-refractivity contribution in [3.05, 3.63) is 65.0 Å². The third kappa shape index (κ3) is 7.55. The zero-order chi connectivity index (χ0) is 21.8. The molecule has 4 heteroatoms. The zero-order valence-electron chi connectivity index (χ0n) is 18.6. The molecule has 2 aromatic rings. The van der Waals surface area contributed by atoms with Gasteiger partial charge in [0.2, 0.25) is 0 Å². The number of hydrogen-bond acceptors (Lipinski definition) is 3. The summed E-state index contributed by atoms with van der Waals surface area (Å²) in [6.45, 7) is 4.89. The van der Waals surface area contributed by atoms with Gasteiger partial charge in [0.05, 0.1) is 6.61 Å². The lowest BCUT2D eigenvalue weighted by Crippen LogP contribution is -2.26. The molecule has 0 heterocycles. The molecule has 164 valence electrons. The van der Waals surface area contributed by atoms with Crippen LogP contribution in [0.3, 0.4) is 0 Å². The minimum Gasteiger partial charge on any atom is -0.380 e. The minimum absolute atomic E-state index is 0.221. The monoisotopic (exact) mass is 430 g/mol. The van der Waals surface area contributed by atoms with E-state index < -0.39 is 0 Å². The van der Waals surface area contributed by atoms with E-state index in [1.54, 1.807) is 24.9 Å². The molecule has 0 aromatic heterocycles. The minimum atomic E-state index is -0.291. The largest absolute Gasteiger partial charge is 0.380 e. The van der Waals surface area contributed by atoms with Gasteiger partial charge in [0.1, 0.15) is 12.1 Å². The maximum Gasteiger partial charge on any atom is 0.126 e. The first kappa shape index (κ1) is 24.6. The van der Waals surface area contributed by atoms with Gasteiger partial charge in [0.25, 0.3) is 0 Å². The van der Waals surface area contributed by atoms with Crippen molar-refractivity contribution in [3.8, 4) is 0 Å². The molecular weight excluding hydrogens is 395 g/mol. The molecule has 0 amide bonds. The van der Waals surface area contributed by atoms with E-state index in [4.69, 9.17) is 4.74 Å². The van der Waals surface area contributed by atoms with E-state index >= 15 is 0 Å². The van der Waals surface area contributed by atoms with Gasteiger partial charge in [-0.25, -0.2) is 4.39 Å². The molecule has 0 N–H and O–H groups in total. The van der Waals surface area contributed by atoms with Gasteiger partial charge in [0.15, 0.2) is 0 Å². The number of rotatable bonds is 14. The number of methoxy groups -OCH3 is 1. The molecular formula is C26H35FO2S. The van der Waals surface area contributed by atoms with Crippen LogP contribution in [-0.2, 0) is 22.6 Å². The van der Waals surface area contributed by atoms with Gasteiger partial charge in [-0.15, -0.1) is 11.8 Å². The highest BCUT2D eigenvalue weighted by molar-refractivity contribution is 7.99. The maximum atomic E-state index is 14.0. The summed E-state index contributed by atoms with van der Waals surface area (Å²) in [5, 5.41) is 0. The van der Waals surface area contributed by atoms with E-state index in [0.717, 1.165) is 65.9 Å². The predicted octanol–water partition coefficient (Wildman–Crippen LogP) is 7.22. The molecule has 0 saturated heterocycles. The number of halogens is 1. The summed E-state index contributed by atoms with van der Waals surface area (Å²) in [6, 6.07) is 13.2. The molecule has 0 aliphatic carbocycles. The van der Waals surface area contributed by atoms with Crippen LogP contribution in [0.1, 0.15) is 69.1 Å². The first-order valence-electron chi connectivity index (χ1n) is 11.0. The normalized spacial score (nSPS) is 11.6. The fourth-order valence-electron chi connectivity index (χ4n) is 3.74. The number of carbonyl (C=O) groups is 1. The van der Waals surface area contributed by atoms with Crippen molar-refractivity contribution in [2.24, 2.45) is 5.41 Å². The fraction of sp³-hybridized carbons (Fsp3) is 0.500. The second-order valence-corrected chi connectivity index (χ2v) is 9.17. The third-order valence-electron chi connectivity index (χ3n) is 5.54. The molecule has 2 aromatic carbocycles. The highest BCUT2D eigenvalue weighted by atomic mass is 32.2. The van der Waals surface area contributed by atoms with Gasteiger partial charge in [-0.2, -0.15) is 0 Å². The van der Waals surface area contributed by atoms with Crippen LogP contribution in [0.4, 0.5) is 4.39 Å². The molecule has 0 saturated carbocycles. The fourth-order valence-corrected chi connectivity index (χ4v) is 5.02. The lowest BCUT2D eigenvalue weighted by atomic mass is 9.81.